The zero-order chi connectivity index (χ0) is 52.0. The highest BCUT2D eigenvalue weighted by molar-refractivity contribution is 5.98. The second kappa shape index (κ2) is 18.0. The molecule has 0 amide bonds. The summed E-state index contributed by atoms with van der Waals surface area (Å²) in [6.07, 6.45) is 0. The number of fused-ring (bicyclic) bond motifs is 13. The zero-order valence-electron chi connectivity index (χ0n) is 43.7. The van der Waals surface area contributed by atoms with E-state index in [1.54, 1.807) is 0 Å². The van der Waals surface area contributed by atoms with Crippen LogP contribution in [0.25, 0.3) is 66.8 Å². The van der Waals surface area contributed by atoms with Crippen molar-refractivity contribution in [2.75, 3.05) is 4.90 Å². The van der Waals surface area contributed by atoms with E-state index in [-0.39, 0.29) is 11.3 Å². The maximum Gasteiger partial charge on any atom is 0.0726 e. The maximum atomic E-state index is 2.55. The summed E-state index contributed by atoms with van der Waals surface area (Å²) in [5.41, 5.74) is 29.5. The van der Waals surface area contributed by atoms with Crippen LogP contribution in [0.5, 0.6) is 0 Å². The third kappa shape index (κ3) is 7.01. The standard InChI is InChI=1S/C77H55N/c1-76(2)68-29-15-12-25-62(68)65-47-45-60(49-72(65)76)78(59-43-41-56(42-44-59)53-23-10-5-11-24-53)61-46-48-66-73(50-61)77(69-30-16-13-26-63(69)64-27-14-17-31-70(64)77)71-32-18-28-67(75(66)71)74(57-37-33-54(34-38-57)51-19-6-3-7-20-51)58-39-35-55(36-40-58)52-21-8-4-9-22-52/h3-50,74H,1-2H3. The number of hydrogen-bond acceptors (Lipinski definition) is 1. The van der Waals surface area contributed by atoms with Crippen molar-refractivity contribution in [2.24, 2.45) is 0 Å². The summed E-state index contributed by atoms with van der Waals surface area (Å²) in [5, 5.41) is 0. The van der Waals surface area contributed by atoms with E-state index in [0.29, 0.717) is 0 Å². The Kier molecular flexibility index (Phi) is 10.6. The van der Waals surface area contributed by atoms with Crippen LogP contribution in [0.3, 0.4) is 0 Å². The Bertz CT molecular complexity index is 4120. The third-order valence-electron chi connectivity index (χ3n) is 17.5. The number of nitrogens with zero attached hydrogens (tertiary/aromatic N) is 1. The molecule has 0 N–H and O–H groups in total. The molecule has 0 unspecified atom stereocenters. The van der Waals surface area contributed by atoms with Crippen LogP contribution in [0, 0.1) is 0 Å². The molecule has 0 aliphatic heterocycles. The van der Waals surface area contributed by atoms with Crippen molar-refractivity contribution in [3.8, 4) is 66.8 Å². The second-order valence-electron chi connectivity index (χ2n) is 21.9. The van der Waals surface area contributed by atoms with E-state index in [9.17, 15) is 0 Å². The number of benzene rings is 12. The first kappa shape index (κ1) is 45.8. The Morgan fingerprint density at radius 3 is 1.15 bits per heavy atom. The molecule has 12 aromatic rings. The van der Waals surface area contributed by atoms with Crippen molar-refractivity contribution in [3.63, 3.8) is 0 Å². The van der Waals surface area contributed by atoms with Gasteiger partial charge in [-0.05, 0) is 153 Å². The normalized spacial score (nSPS) is 13.6. The van der Waals surface area contributed by atoms with Crippen molar-refractivity contribution in [2.45, 2.75) is 30.6 Å². The molecule has 0 atom stereocenters. The van der Waals surface area contributed by atoms with Crippen molar-refractivity contribution in [1.82, 2.24) is 0 Å². The zero-order valence-corrected chi connectivity index (χ0v) is 43.7. The number of rotatable bonds is 9. The third-order valence-corrected chi connectivity index (χ3v) is 17.5. The molecule has 1 heteroatoms. The van der Waals surface area contributed by atoms with Gasteiger partial charge in [-0.2, -0.15) is 0 Å². The average molecular weight is 994 g/mol. The summed E-state index contributed by atoms with van der Waals surface area (Å²) in [7, 11) is 0. The van der Waals surface area contributed by atoms with Crippen LogP contribution in [0.15, 0.2) is 291 Å². The van der Waals surface area contributed by atoms with Crippen molar-refractivity contribution in [1.29, 1.82) is 0 Å². The molecule has 0 aromatic heterocycles. The monoisotopic (exact) mass is 993 g/mol. The molecular formula is C77H55N. The van der Waals surface area contributed by atoms with E-state index in [2.05, 4.69) is 310 Å². The predicted octanol–water partition coefficient (Wildman–Crippen LogP) is 20.0. The molecule has 0 saturated carbocycles. The lowest BCUT2D eigenvalue weighted by Gasteiger charge is -2.33. The van der Waals surface area contributed by atoms with Gasteiger partial charge in [0, 0.05) is 28.4 Å². The molecule has 78 heavy (non-hydrogen) atoms. The molecule has 12 aromatic carbocycles. The van der Waals surface area contributed by atoms with Gasteiger partial charge in [0.05, 0.1) is 5.41 Å². The molecule has 3 aliphatic rings. The van der Waals surface area contributed by atoms with Gasteiger partial charge in [0.25, 0.3) is 0 Å². The summed E-state index contributed by atoms with van der Waals surface area (Å²) in [6.45, 7) is 4.76. The van der Waals surface area contributed by atoms with Crippen molar-refractivity contribution >= 4 is 17.1 Å². The Hall–Kier alpha value is -9.56. The van der Waals surface area contributed by atoms with Gasteiger partial charge in [-0.25, -0.2) is 0 Å². The van der Waals surface area contributed by atoms with Gasteiger partial charge in [-0.1, -0.05) is 269 Å². The molecule has 1 nitrogen and oxygen atoms in total. The topological polar surface area (TPSA) is 3.24 Å². The van der Waals surface area contributed by atoms with Crippen LogP contribution >= 0.6 is 0 Å². The van der Waals surface area contributed by atoms with Crippen molar-refractivity contribution in [3.05, 3.63) is 341 Å². The minimum Gasteiger partial charge on any atom is -0.310 e. The molecule has 368 valence electrons. The molecule has 3 aliphatic carbocycles. The van der Waals surface area contributed by atoms with Crippen molar-refractivity contribution < 1.29 is 0 Å². The molecule has 0 fully saturated rings. The first-order chi connectivity index (χ1) is 38.4. The highest BCUT2D eigenvalue weighted by atomic mass is 15.1. The van der Waals surface area contributed by atoms with Gasteiger partial charge in [0.15, 0.2) is 0 Å². The first-order valence-electron chi connectivity index (χ1n) is 27.4. The van der Waals surface area contributed by atoms with Gasteiger partial charge in [0.2, 0.25) is 0 Å². The summed E-state index contributed by atoms with van der Waals surface area (Å²) in [4.78, 5) is 2.50. The minimum absolute atomic E-state index is 0.0670. The average Bonchev–Trinajstić information content (AvgIpc) is 2.63. The summed E-state index contributed by atoms with van der Waals surface area (Å²) in [6, 6.07) is 109. The van der Waals surface area contributed by atoms with Crippen LogP contribution in [-0.4, -0.2) is 0 Å². The minimum atomic E-state index is -0.590. The lowest BCUT2D eigenvalue weighted by Crippen LogP contribution is -2.26. The van der Waals surface area contributed by atoms with Crippen LogP contribution in [-0.2, 0) is 10.8 Å². The SMILES string of the molecule is CC1(C)c2ccccc2-c2ccc(N(c3ccc(-c4ccccc4)cc3)c3ccc4c(c3)C3(c5ccccc5-c5ccccc53)c3cccc(C(c5ccc(-c6ccccc6)cc5)c5ccc(-c6ccccc6)cc5)c3-4)cc21. The highest BCUT2D eigenvalue weighted by Crippen LogP contribution is 2.65. The fourth-order valence-corrected chi connectivity index (χ4v) is 13.8. The van der Waals surface area contributed by atoms with E-state index < -0.39 is 5.41 Å². The van der Waals surface area contributed by atoms with E-state index in [1.165, 1.54) is 117 Å². The Morgan fingerprint density at radius 2 is 0.641 bits per heavy atom. The van der Waals surface area contributed by atoms with Crippen LogP contribution < -0.4 is 4.90 Å². The maximum absolute atomic E-state index is 2.55. The summed E-state index contributed by atoms with van der Waals surface area (Å²) in [5.74, 6) is -0.0670. The largest absolute Gasteiger partial charge is 0.310 e. The van der Waals surface area contributed by atoms with E-state index >= 15 is 0 Å². The van der Waals surface area contributed by atoms with E-state index in [4.69, 9.17) is 0 Å². The number of anilines is 3. The van der Waals surface area contributed by atoms with Crippen LogP contribution in [0.4, 0.5) is 17.1 Å². The van der Waals surface area contributed by atoms with Gasteiger partial charge < -0.3 is 4.90 Å². The van der Waals surface area contributed by atoms with Crippen LogP contribution in [0.2, 0.25) is 0 Å². The molecule has 1 spiro atoms. The second-order valence-corrected chi connectivity index (χ2v) is 21.9. The van der Waals surface area contributed by atoms with Gasteiger partial charge >= 0.3 is 0 Å². The molecular weight excluding hydrogens is 939 g/mol. The Labute approximate surface area is 458 Å². The predicted molar refractivity (Wildman–Crippen MR) is 325 cm³/mol. The molecule has 0 heterocycles. The van der Waals surface area contributed by atoms with Crippen LogP contribution in [0.1, 0.15) is 69.8 Å². The van der Waals surface area contributed by atoms with Gasteiger partial charge in [-0.15, -0.1) is 0 Å². The molecule has 15 rings (SSSR count). The fourth-order valence-electron chi connectivity index (χ4n) is 13.8. The van der Waals surface area contributed by atoms with Gasteiger partial charge in [-0.3, -0.25) is 0 Å². The first-order valence-corrected chi connectivity index (χ1v) is 27.4. The Morgan fingerprint density at radius 1 is 0.269 bits per heavy atom. The molecule has 0 bridgehead atoms. The number of hydrogen-bond donors (Lipinski definition) is 0. The molecule has 0 saturated heterocycles. The lowest BCUT2D eigenvalue weighted by molar-refractivity contribution is 0.660. The van der Waals surface area contributed by atoms with E-state index in [1.807, 2.05) is 0 Å². The smallest absolute Gasteiger partial charge is 0.0726 e. The van der Waals surface area contributed by atoms with Gasteiger partial charge in [0.1, 0.15) is 0 Å². The summed E-state index contributed by atoms with van der Waals surface area (Å²) < 4.78 is 0. The fraction of sp³-hybridized carbons (Fsp3) is 0.0649. The quantitative estimate of drug-likeness (QED) is 0.130. The Balaban J connectivity index is 0.968. The highest BCUT2D eigenvalue weighted by Gasteiger charge is 2.53. The summed E-state index contributed by atoms with van der Waals surface area (Å²) >= 11 is 0. The molecule has 0 radical (unpaired) electrons. The lowest BCUT2D eigenvalue weighted by atomic mass is 9.70. The van der Waals surface area contributed by atoms with E-state index in [0.717, 1.165) is 17.1 Å².